The second-order valence-electron chi connectivity index (χ2n) is 11.0. The van der Waals surface area contributed by atoms with Crippen LogP contribution in [0.2, 0.25) is 0 Å². The van der Waals surface area contributed by atoms with Crippen molar-refractivity contribution in [3.05, 3.63) is 64.1 Å². The average Bonchev–Trinajstić information content (AvgIpc) is 2.90. The summed E-state index contributed by atoms with van der Waals surface area (Å²) in [6.07, 6.45) is 5.54. The lowest BCUT2D eigenvalue weighted by atomic mass is 9.56. The Morgan fingerprint density at radius 1 is 1.07 bits per heavy atom. The quantitative estimate of drug-likeness (QED) is 0.161. The van der Waals surface area contributed by atoms with E-state index in [0.29, 0.717) is 17.7 Å². The molecule has 8 N–H and O–H groups in total. The molecule has 0 aromatic heterocycles. The molecule has 41 heavy (non-hydrogen) atoms. The second kappa shape index (κ2) is 10.2. The number of hydrogen-bond acceptors (Lipinski definition) is 9. The van der Waals surface area contributed by atoms with E-state index in [0.717, 1.165) is 6.42 Å². The molecule has 5 rings (SSSR count). The molecule has 0 spiro atoms. The van der Waals surface area contributed by atoms with E-state index in [1.54, 1.807) is 33.2 Å². The van der Waals surface area contributed by atoms with Crippen LogP contribution in [0.4, 0.5) is 10.5 Å². The van der Waals surface area contributed by atoms with E-state index in [1.807, 2.05) is 12.2 Å². The minimum Gasteiger partial charge on any atom is -0.510 e. The van der Waals surface area contributed by atoms with Gasteiger partial charge in [0, 0.05) is 23.1 Å². The van der Waals surface area contributed by atoms with Gasteiger partial charge >= 0.3 is 6.03 Å². The van der Waals surface area contributed by atoms with Crippen LogP contribution in [0, 0.1) is 17.8 Å². The number of primary amides is 1. The number of carbonyl (C=O) groups is 4. The molecule has 0 radical (unpaired) electrons. The van der Waals surface area contributed by atoms with Crippen LogP contribution in [-0.2, 0) is 14.4 Å². The van der Waals surface area contributed by atoms with Gasteiger partial charge in [-0.05, 0) is 50.6 Å². The zero-order chi connectivity index (χ0) is 29.9. The number of aromatic hydroxyl groups is 1. The van der Waals surface area contributed by atoms with Gasteiger partial charge in [0.15, 0.2) is 11.6 Å². The monoisotopic (exact) mass is 564 g/mol. The minimum atomic E-state index is -1.61. The summed E-state index contributed by atoms with van der Waals surface area (Å²) >= 11 is 0. The Bertz CT molecular complexity index is 1500. The third-order valence-corrected chi connectivity index (χ3v) is 8.53. The van der Waals surface area contributed by atoms with Crippen molar-refractivity contribution in [3.8, 4) is 5.75 Å². The number of hydrogen-bond donors (Lipinski definition) is 7. The van der Waals surface area contributed by atoms with Crippen LogP contribution in [0.1, 0.15) is 36.8 Å². The van der Waals surface area contributed by atoms with Gasteiger partial charge in [-0.2, -0.15) is 0 Å². The summed E-state index contributed by atoms with van der Waals surface area (Å²) in [4.78, 5) is 53.5. The number of benzene rings is 1. The first-order valence-corrected chi connectivity index (χ1v) is 13.3. The van der Waals surface area contributed by atoms with Gasteiger partial charge in [-0.15, -0.1) is 0 Å². The number of aliphatic hydroxyl groups excluding tert-OH is 3. The fourth-order valence-corrected chi connectivity index (χ4v) is 6.72. The highest BCUT2D eigenvalue weighted by Crippen LogP contribution is 2.55. The highest BCUT2D eigenvalue weighted by molar-refractivity contribution is 6.28. The van der Waals surface area contributed by atoms with Gasteiger partial charge < -0.3 is 36.8 Å². The number of urea groups is 1. The summed E-state index contributed by atoms with van der Waals surface area (Å²) < 4.78 is 0. The van der Waals surface area contributed by atoms with Crippen molar-refractivity contribution < 1.29 is 39.6 Å². The molecule has 3 amide bonds. The maximum atomic E-state index is 14.0. The van der Waals surface area contributed by atoms with Gasteiger partial charge in [-0.25, -0.2) is 4.79 Å². The van der Waals surface area contributed by atoms with E-state index in [9.17, 15) is 39.6 Å². The number of allylic oxidation sites excluding steroid dienone is 4. The Kier molecular flexibility index (Phi) is 7.00. The zero-order valence-corrected chi connectivity index (χ0v) is 22.7. The predicted octanol–water partition coefficient (Wildman–Crippen LogP) is 1.74. The summed E-state index contributed by atoms with van der Waals surface area (Å²) in [5.74, 6) is -9.22. The average molecular weight is 565 g/mol. The van der Waals surface area contributed by atoms with Crippen LogP contribution in [0.15, 0.2) is 53.0 Å². The number of nitrogens with one attached hydrogen (secondary N) is 2. The van der Waals surface area contributed by atoms with Crippen LogP contribution < -0.4 is 16.4 Å². The van der Waals surface area contributed by atoms with E-state index in [4.69, 9.17) is 5.73 Å². The highest BCUT2D eigenvalue weighted by Gasteiger charge is 2.60. The number of anilines is 1. The van der Waals surface area contributed by atoms with E-state index in [1.165, 1.54) is 11.0 Å². The van der Waals surface area contributed by atoms with Gasteiger partial charge in [-0.3, -0.25) is 19.3 Å². The zero-order valence-electron chi connectivity index (χ0n) is 22.7. The maximum absolute atomic E-state index is 14.0. The largest absolute Gasteiger partial charge is 0.510 e. The molecule has 4 aliphatic rings. The number of amides is 3. The van der Waals surface area contributed by atoms with E-state index >= 15 is 0 Å². The van der Waals surface area contributed by atoms with Crippen LogP contribution in [0.5, 0.6) is 5.75 Å². The summed E-state index contributed by atoms with van der Waals surface area (Å²) in [7, 11) is 3.13. The molecule has 1 saturated carbocycles. The van der Waals surface area contributed by atoms with Crippen molar-refractivity contribution >= 4 is 35.0 Å². The molecular weight excluding hydrogens is 532 g/mol. The maximum Gasteiger partial charge on any atom is 0.323 e. The molecule has 1 aromatic rings. The second-order valence-corrected chi connectivity index (χ2v) is 11.0. The Hall–Kier alpha value is -4.42. The van der Waals surface area contributed by atoms with Gasteiger partial charge in [-0.1, -0.05) is 25.1 Å². The molecule has 0 aliphatic heterocycles. The number of phenolic OH excluding ortho intramolecular Hbond substituents is 1. The molecule has 0 saturated heterocycles. The molecule has 0 bridgehead atoms. The van der Waals surface area contributed by atoms with Crippen LogP contribution in [0.3, 0.4) is 0 Å². The number of aliphatic hydroxyl groups is 3. The standard InChI is InChI=1S/C29H32N4O8/c1-11-13-9-10-14(32-29(41)31-12-7-5-4-6-8-12)22(34)16(13)24(36)18-15(11)23(35)17-19(25(18)37)26(38)20(28(30)40)27(39)21(17)33(2)3/h4-5,7,9-11,15,17,19,21,23,34-36,39H,6,8H2,1-3H3,(H2,30,40)(H2,31,32,41)/t11-,15?,17?,19?,21-,23-/m0/s1. The van der Waals surface area contributed by atoms with Gasteiger partial charge in [0.1, 0.15) is 22.8 Å². The van der Waals surface area contributed by atoms with Gasteiger partial charge in [0.2, 0.25) is 0 Å². The lowest BCUT2D eigenvalue weighted by Crippen LogP contribution is -2.61. The number of nitrogens with two attached hydrogens (primary N) is 1. The summed E-state index contributed by atoms with van der Waals surface area (Å²) in [5.41, 5.74) is 5.34. The number of rotatable bonds is 4. The third kappa shape index (κ3) is 4.30. The Morgan fingerprint density at radius 3 is 2.39 bits per heavy atom. The number of ketones is 2. The van der Waals surface area contributed by atoms with Crippen molar-refractivity contribution in [2.24, 2.45) is 23.5 Å². The first kappa shape index (κ1) is 28.1. The number of fused-ring (bicyclic) bond motifs is 3. The number of phenols is 1. The lowest BCUT2D eigenvalue weighted by Gasteiger charge is -2.50. The summed E-state index contributed by atoms with van der Waals surface area (Å²) in [6, 6.07) is 1.34. The smallest absolute Gasteiger partial charge is 0.323 e. The molecule has 6 atom stereocenters. The summed E-state index contributed by atoms with van der Waals surface area (Å²) in [6.45, 7) is 1.70. The Morgan fingerprint density at radius 2 is 1.78 bits per heavy atom. The lowest BCUT2D eigenvalue weighted by molar-refractivity contribution is -0.143. The van der Waals surface area contributed by atoms with Crippen molar-refractivity contribution in [1.29, 1.82) is 0 Å². The summed E-state index contributed by atoms with van der Waals surface area (Å²) in [5, 5.41) is 50.3. The molecule has 1 aromatic carbocycles. The van der Waals surface area contributed by atoms with Crippen molar-refractivity contribution in [2.75, 3.05) is 19.4 Å². The minimum absolute atomic E-state index is 0.0297. The first-order valence-electron chi connectivity index (χ1n) is 13.3. The molecule has 3 unspecified atom stereocenters. The molecule has 1 fully saturated rings. The van der Waals surface area contributed by atoms with Crippen molar-refractivity contribution in [2.45, 2.75) is 37.8 Å². The number of Topliss-reactive ketones (excluding diaryl/α,β-unsaturated/α-hetero) is 2. The fraction of sp³-hybridized carbons (Fsp3) is 0.379. The van der Waals surface area contributed by atoms with E-state index in [2.05, 4.69) is 10.6 Å². The Labute approximate surface area is 235 Å². The molecular formula is C29H32N4O8. The molecule has 216 valence electrons. The topological polar surface area (TPSA) is 203 Å². The molecule has 4 aliphatic carbocycles. The fourth-order valence-electron chi connectivity index (χ4n) is 6.72. The Balaban J connectivity index is 1.58. The van der Waals surface area contributed by atoms with Crippen LogP contribution in [-0.4, -0.2) is 75.1 Å². The molecule has 0 heterocycles. The number of nitrogens with zero attached hydrogens (tertiary/aromatic N) is 1. The van der Waals surface area contributed by atoms with Crippen molar-refractivity contribution in [1.82, 2.24) is 10.2 Å². The normalized spacial score (nSPS) is 29.0. The van der Waals surface area contributed by atoms with Crippen LogP contribution in [0.25, 0.3) is 5.76 Å². The van der Waals surface area contributed by atoms with E-state index < -0.39 is 82.2 Å². The number of likely N-dealkylation sites (N-methyl/N-ethyl adjacent to an activating group) is 1. The van der Waals surface area contributed by atoms with Crippen LogP contribution >= 0.6 is 0 Å². The predicted molar refractivity (Wildman–Crippen MR) is 147 cm³/mol. The van der Waals surface area contributed by atoms with E-state index in [-0.39, 0.29) is 16.8 Å². The van der Waals surface area contributed by atoms with Gasteiger partial charge in [0.05, 0.1) is 29.3 Å². The highest BCUT2D eigenvalue weighted by atomic mass is 16.3. The molecule has 12 heteroatoms. The SMILES string of the molecule is C[C@H]1c2ccc(NC(=O)NC3=CC=CCC3)c(O)c2C(O)=C2C(=O)C3C(=O)C(C(N)=O)=C(O)[C@@H](N(C)C)C3[C@@H](O)C21. The third-order valence-electron chi connectivity index (χ3n) is 8.53. The van der Waals surface area contributed by atoms with Crippen molar-refractivity contribution in [3.63, 3.8) is 0 Å². The number of carbonyl (C=O) groups excluding carboxylic acids is 4. The first-order chi connectivity index (χ1) is 19.4. The molecule has 12 nitrogen and oxygen atoms in total. The van der Waals surface area contributed by atoms with Gasteiger partial charge in [0.25, 0.3) is 5.91 Å².